The average molecular weight is 238 g/mol. The average Bonchev–Trinajstić information content (AvgIpc) is 2.66. The van der Waals surface area contributed by atoms with Crippen molar-refractivity contribution in [2.24, 2.45) is 12.8 Å². The Morgan fingerprint density at radius 3 is 2.71 bits per heavy atom. The summed E-state index contributed by atoms with van der Waals surface area (Å²) in [5, 5.41) is 7.58. The molecule has 1 aromatic rings. The molecule has 96 valence electrons. The maximum absolute atomic E-state index is 11.6. The van der Waals surface area contributed by atoms with E-state index in [0.29, 0.717) is 0 Å². The van der Waals surface area contributed by atoms with Gasteiger partial charge in [-0.05, 0) is 19.8 Å². The van der Waals surface area contributed by atoms with Crippen molar-refractivity contribution in [3.05, 3.63) is 17.5 Å². The van der Waals surface area contributed by atoms with Gasteiger partial charge < -0.3 is 5.73 Å². The molecule has 0 bridgehead atoms. The number of nitrogens with one attached hydrogen (secondary N) is 1. The smallest absolute Gasteiger partial charge is 0.239 e. The van der Waals surface area contributed by atoms with Crippen LogP contribution in [0, 0.1) is 0 Å². The van der Waals surface area contributed by atoms with Crippen molar-refractivity contribution in [1.29, 1.82) is 0 Å². The van der Waals surface area contributed by atoms with Crippen molar-refractivity contribution in [3.63, 3.8) is 0 Å². The summed E-state index contributed by atoms with van der Waals surface area (Å²) in [7, 11) is 1.85. The number of amides is 1. The number of hydrogen-bond donors (Lipinski definition) is 2. The predicted molar refractivity (Wildman–Crippen MR) is 67.4 cm³/mol. The van der Waals surface area contributed by atoms with Gasteiger partial charge in [0.15, 0.2) is 0 Å². The van der Waals surface area contributed by atoms with E-state index in [0.717, 1.165) is 24.1 Å². The highest BCUT2D eigenvalue weighted by Gasteiger charge is 2.23. The van der Waals surface area contributed by atoms with Crippen molar-refractivity contribution in [2.45, 2.75) is 45.7 Å². The standard InChI is InChI=1S/C12H22N4O/c1-5-8(3)14-11(12(13)17)9-7-16(4)15-10(9)6-2/h7-8,11,14H,5-6H2,1-4H3,(H2,13,17). The normalized spacial score (nSPS) is 14.6. The van der Waals surface area contributed by atoms with Crippen LogP contribution in [0.2, 0.25) is 0 Å². The lowest BCUT2D eigenvalue weighted by Crippen LogP contribution is -2.38. The Kier molecular flexibility index (Phi) is 4.69. The van der Waals surface area contributed by atoms with Gasteiger partial charge in [0.25, 0.3) is 0 Å². The van der Waals surface area contributed by atoms with Crippen LogP contribution in [0.5, 0.6) is 0 Å². The summed E-state index contributed by atoms with van der Waals surface area (Å²) in [4.78, 5) is 11.6. The highest BCUT2D eigenvalue weighted by atomic mass is 16.1. The number of nitrogens with zero attached hydrogens (tertiary/aromatic N) is 2. The largest absolute Gasteiger partial charge is 0.368 e. The molecule has 1 amide bonds. The lowest BCUT2D eigenvalue weighted by atomic mass is 10.0. The molecule has 17 heavy (non-hydrogen) atoms. The quantitative estimate of drug-likeness (QED) is 0.773. The summed E-state index contributed by atoms with van der Waals surface area (Å²) < 4.78 is 1.72. The predicted octanol–water partition coefficient (Wildman–Crippen LogP) is 0.897. The number of aromatic nitrogens is 2. The van der Waals surface area contributed by atoms with Crippen LogP contribution in [0.1, 0.15) is 44.5 Å². The Bertz CT molecular complexity index is 386. The maximum Gasteiger partial charge on any atom is 0.239 e. The summed E-state index contributed by atoms with van der Waals surface area (Å²) in [6, 6.07) is -0.203. The molecule has 0 fully saturated rings. The first-order valence-corrected chi connectivity index (χ1v) is 6.07. The molecule has 0 spiro atoms. The molecule has 0 aromatic carbocycles. The number of hydrogen-bond acceptors (Lipinski definition) is 3. The van der Waals surface area contributed by atoms with Gasteiger partial charge in [-0.1, -0.05) is 13.8 Å². The Hall–Kier alpha value is -1.36. The topological polar surface area (TPSA) is 72.9 Å². The number of carbonyl (C=O) groups excluding carboxylic acids is 1. The Morgan fingerprint density at radius 2 is 2.24 bits per heavy atom. The number of nitrogens with two attached hydrogens (primary N) is 1. The first-order chi connectivity index (χ1) is 7.99. The molecule has 0 saturated carbocycles. The SMILES string of the molecule is CCc1nn(C)cc1C(NC(C)CC)C(N)=O. The molecule has 5 nitrogen and oxygen atoms in total. The summed E-state index contributed by atoms with van der Waals surface area (Å²) in [6.07, 6.45) is 3.61. The molecule has 2 atom stereocenters. The van der Waals surface area contributed by atoms with E-state index < -0.39 is 6.04 Å². The summed E-state index contributed by atoms with van der Waals surface area (Å²) >= 11 is 0. The Morgan fingerprint density at radius 1 is 1.59 bits per heavy atom. The van der Waals surface area contributed by atoms with Crippen LogP contribution in [-0.4, -0.2) is 21.7 Å². The Balaban J connectivity index is 3.00. The molecule has 0 saturated heterocycles. The second-order valence-corrected chi connectivity index (χ2v) is 4.37. The molecule has 1 heterocycles. The van der Waals surface area contributed by atoms with E-state index in [1.807, 2.05) is 27.1 Å². The second kappa shape index (κ2) is 5.82. The minimum absolute atomic E-state index is 0.248. The summed E-state index contributed by atoms with van der Waals surface area (Å²) in [6.45, 7) is 6.13. The number of carbonyl (C=O) groups is 1. The van der Waals surface area contributed by atoms with Crippen molar-refractivity contribution in [1.82, 2.24) is 15.1 Å². The van der Waals surface area contributed by atoms with Gasteiger partial charge in [-0.25, -0.2) is 0 Å². The van der Waals surface area contributed by atoms with Gasteiger partial charge in [0.05, 0.1) is 5.69 Å². The fourth-order valence-electron chi connectivity index (χ4n) is 1.80. The molecule has 0 radical (unpaired) electrons. The van der Waals surface area contributed by atoms with Gasteiger partial charge in [0.2, 0.25) is 5.91 Å². The van der Waals surface area contributed by atoms with Crippen molar-refractivity contribution < 1.29 is 4.79 Å². The van der Waals surface area contributed by atoms with Crippen molar-refractivity contribution in [3.8, 4) is 0 Å². The summed E-state index contributed by atoms with van der Waals surface area (Å²) in [5.41, 5.74) is 7.28. The van der Waals surface area contributed by atoms with Gasteiger partial charge in [0.1, 0.15) is 6.04 Å². The first kappa shape index (κ1) is 13.7. The molecule has 1 aromatic heterocycles. The minimum atomic E-state index is -0.450. The molecule has 0 aliphatic heterocycles. The fourth-order valence-corrected chi connectivity index (χ4v) is 1.80. The monoisotopic (exact) mass is 238 g/mol. The summed E-state index contributed by atoms with van der Waals surface area (Å²) in [5.74, 6) is -0.354. The molecular formula is C12H22N4O. The van der Waals surface area contributed by atoms with Gasteiger partial charge in [-0.15, -0.1) is 0 Å². The van der Waals surface area contributed by atoms with Crippen LogP contribution in [0.25, 0.3) is 0 Å². The van der Waals surface area contributed by atoms with Crippen molar-refractivity contribution >= 4 is 5.91 Å². The third-order valence-corrected chi connectivity index (χ3v) is 2.93. The number of rotatable bonds is 6. The molecular weight excluding hydrogens is 216 g/mol. The lowest BCUT2D eigenvalue weighted by Gasteiger charge is -2.19. The fraction of sp³-hybridized carbons (Fsp3) is 0.667. The highest BCUT2D eigenvalue weighted by molar-refractivity contribution is 5.81. The lowest BCUT2D eigenvalue weighted by molar-refractivity contribution is -0.120. The van der Waals surface area contributed by atoms with Crippen LogP contribution in [-0.2, 0) is 18.3 Å². The van der Waals surface area contributed by atoms with E-state index in [-0.39, 0.29) is 11.9 Å². The van der Waals surface area contributed by atoms with E-state index in [1.165, 1.54) is 0 Å². The van der Waals surface area contributed by atoms with E-state index in [2.05, 4.69) is 17.3 Å². The maximum atomic E-state index is 11.6. The van der Waals surface area contributed by atoms with E-state index in [1.54, 1.807) is 4.68 Å². The number of aryl methyl sites for hydroxylation is 2. The van der Waals surface area contributed by atoms with Gasteiger partial charge in [0, 0.05) is 24.8 Å². The first-order valence-electron chi connectivity index (χ1n) is 6.07. The highest BCUT2D eigenvalue weighted by Crippen LogP contribution is 2.18. The Labute approximate surface area is 102 Å². The zero-order valence-electron chi connectivity index (χ0n) is 11.0. The van der Waals surface area contributed by atoms with E-state index in [9.17, 15) is 4.79 Å². The van der Waals surface area contributed by atoms with Crippen LogP contribution in [0.15, 0.2) is 6.20 Å². The van der Waals surface area contributed by atoms with E-state index in [4.69, 9.17) is 5.73 Å². The van der Waals surface area contributed by atoms with Crippen LogP contribution in [0.4, 0.5) is 0 Å². The van der Waals surface area contributed by atoms with Crippen LogP contribution in [0.3, 0.4) is 0 Å². The molecule has 1 rings (SSSR count). The van der Waals surface area contributed by atoms with Crippen LogP contribution < -0.4 is 11.1 Å². The van der Waals surface area contributed by atoms with Gasteiger partial charge >= 0.3 is 0 Å². The van der Waals surface area contributed by atoms with Crippen molar-refractivity contribution in [2.75, 3.05) is 0 Å². The zero-order valence-corrected chi connectivity index (χ0v) is 11.0. The third-order valence-electron chi connectivity index (χ3n) is 2.93. The third kappa shape index (κ3) is 3.30. The molecule has 0 aliphatic rings. The minimum Gasteiger partial charge on any atom is -0.368 e. The molecule has 2 unspecified atom stereocenters. The zero-order chi connectivity index (χ0) is 13.0. The number of primary amides is 1. The van der Waals surface area contributed by atoms with Crippen LogP contribution >= 0.6 is 0 Å². The second-order valence-electron chi connectivity index (χ2n) is 4.37. The van der Waals surface area contributed by atoms with Gasteiger partial charge in [-0.3, -0.25) is 14.8 Å². The molecule has 5 heteroatoms. The molecule has 0 aliphatic carbocycles. The molecule has 3 N–H and O–H groups in total. The van der Waals surface area contributed by atoms with Gasteiger partial charge in [-0.2, -0.15) is 5.10 Å². The van der Waals surface area contributed by atoms with E-state index >= 15 is 0 Å².